The molecule has 3 amide bonds. The second kappa shape index (κ2) is 8.67. The molecule has 38 heavy (non-hydrogen) atoms. The molecule has 1 aliphatic carbocycles. The number of guanidine groups is 2. The lowest BCUT2D eigenvalue weighted by Crippen LogP contribution is -2.78. The first-order chi connectivity index (χ1) is 18.1. The molecular weight excluding hydrogens is 492 g/mol. The molecule has 4 aliphatic heterocycles. The average molecular weight is 525 g/mol. The zero-order valence-electron chi connectivity index (χ0n) is 20.9. The van der Waals surface area contributed by atoms with E-state index in [1.165, 1.54) is 4.90 Å². The van der Waals surface area contributed by atoms with E-state index in [2.05, 4.69) is 20.6 Å². The topological polar surface area (TPSA) is 199 Å². The minimum Gasteiger partial charge on any atom is -0.370 e. The average Bonchev–Trinajstić information content (AvgIpc) is 3.37. The van der Waals surface area contributed by atoms with Crippen molar-refractivity contribution in [1.82, 2.24) is 20.4 Å². The van der Waals surface area contributed by atoms with E-state index >= 15 is 0 Å². The number of nitrogens with one attached hydrogen (secondary N) is 2. The van der Waals surface area contributed by atoms with E-state index in [-0.39, 0.29) is 49.7 Å². The van der Waals surface area contributed by atoms with Gasteiger partial charge in [-0.05, 0) is 42.9 Å². The summed E-state index contributed by atoms with van der Waals surface area (Å²) in [6, 6.07) is 2.58. The first-order valence-corrected chi connectivity index (χ1v) is 13.1. The summed E-state index contributed by atoms with van der Waals surface area (Å²) in [5, 5.41) is 29.0. The van der Waals surface area contributed by atoms with Crippen molar-refractivity contribution in [2.45, 2.75) is 74.5 Å². The molecule has 0 aromatic heterocycles. The number of nitrogens with zero attached hydrogens (tertiary/aromatic N) is 4. The van der Waals surface area contributed by atoms with Crippen LogP contribution in [-0.4, -0.2) is 92.3 Å². The Balaban J connectivity index is 1.31. The molecule has 1 aromatic carbocycles. The van der Waals surface area contributed by atoms with Crippen molar-refractivity contribution >= 4 is 29.6 Å². The number of fused-ring (bicyclic) bond motifs is 1. The molecule has 0 saturated carbocycles. The molecule has 6 rings (SSSR count). The number of imide groups is 1. The van der Waals surface area contributed by atoms with Crippen molar-refractivity contribution in [1.29, 1.82) is 0 Å². The molecule has 8 N–H and O–H groups in total. The third-order valence-corrected chi connectivity index (χ3v) is 8.52. The van der Waals surface area contributed by atoms with Crippen molar-refractivity contribution in [3.63, 3.8) is 0 Å². The Kier molecular flexibility index (Phi) is 5.61. The van der Waals surface area contributed by atoms with Crippen LogP contribution in [0.1, 0.15) is 53.6 Å². The van der Waals surface area contributed by atoms with E-state index in [1.54, 1.807) is 6.07 Å². The van der Waals surface area contributed by atoms with Gasteiger partial charge in [0.25, 0.3) is 5.91 Å². The molecule has 4 atom stereocenters. The van der Waals surface area contributed by atoms with Crippen LogP contribution in [0, 0.1) is 0 Å². The predicted octanol–water partition coefficient (Wildman–Crippen LogP) is -2.12. The zero-order chi connectivity index (χ0) is 26.8. The third-order valence-electron chi connectivity index (χ3n) is 8.52. The summed E-state index contributed by atoms with van der Waals surface area (Å²) in [5.41, 5.74) is 13.2. The van der Waals surface area contributed by atoms with Crippen molar-refractivity contribution in [3.8, 4) is 0 Å². The van der Waals surface area contributed by atoms with Crippen LogP contribution in [0.2, 0.25) is 0 Å². The lowest BCUT2D eigenvalue weighted by atomic mass is 9.84. The van der Waals surface area contributed by atoms with E-state index in [1.807, 2.05) is 12.1 Å². The number of hydrogen-bond donors (Lipinski definition) is 6. The van der Waals surface area contributed by atoms with Crippen LogP contribution in [0.15, 0.2) is 28.2 Å². The van der Waals surface area contributed by atoms with Crippen LogP contribution < -0.4 is 22.1 Å². The number of aliphatic hydroxyl groups is 2. The monoisotopic (exact) mass is 524 g/mol. The van der Waals surface area contributed by atoms with Gasteiger partial charge in [0.05, 0.1) is 12.6 Å². The third kappa shape index (κ3) is 3.48. The van der Waals surface area contributed by atoms with Crippen LogP contribution in [0.5, 0.6) is 0 Å². The number of nitrogens with two attached hydrogens (primary N) is 2. The molecule has 1 spiro atoms. The Bertz CT molecular complexity index is 1260. The normalized spacial score (nSPS) is 31.6. The highest BCUT2D eigenvalue weighted by atomic mass is 16.5. The molecule has 1 unspecified atom stereocenters. The maximum Gasteiger partial charge on any atom is 0.252 e. The van der Waals surface area contributed by atoms with Gasteiger partial charge in [-0.15, -0.1) is 0 Å². The van der Waals surface area contributed by atoms with Crippen LogP contribution in [0.3, 0.4) is 0 Å². The smallest absolute Gasteiger partial charge is 0.252 e. The van der Waals surface area contributed by atoms with Crippen molar-refractivity contribution in [3.05, 3.63) is 34.9 Å². The molecule has 4 heterocycles. The Morgan fingerprint density at radius 1 is 1.08 bits per heavy atom. The summed E-state index contributed by atoms with van der Waals surface area (Å²) >= 11 is 0. The lowest BCUT2D eigenvalue weighted by molar-refractivity contribution is -0.230. The highest BCUT2D eigenvalue weighted by molar-refractivity contribution is 6.02. The minimum atomic E-state index is -2.60. The van der Waals surface area contributed by atoms with Gasteiger partial charge in [-0.2, -0.15) is 0 Å². The second-order valence-electron chi connectivity index (χ2n) is 10.7. The van der Waals surface area contributed by atoms with E-state index in [0.717, 1.165) is 48.1 Å². The molecule has 0 radical (unpaired) electrons. The Morgan fingerprint density at radius 3 is 2.58 bits per heavy atom. The Morgan fingerprint density at radius 2 is 1.82 bits per heavy atom. The van der Waals surface area contributed by atoms with Crippen LogP contribution in [0.4, 0.5) is 0 Å². The number of aryl methyl sites for hydroxylation is 1. The van der Waals surface area contributed by atoms with Gasteiger partial charge in [0.1, 0.15) is 12.1 Å². The highest BCUT2D eigenvalue weighted by Crippen LogP contribution is 2.45. The SMILES string of the molecule is NC1=N[C@H]2[C@H](CN3C(=O)CCC3=O)N=C(N)N3CC(NC(=O)c4cccc5c4CCCCC5)C(O)(O)[C@]23N1. The number of carbonyl (C=O) groups is 3. The van der Waals surface area contributed by atoms with Gasteiger partial charge in [-0.3, -0.25) is 19.3 Å². The van der Waals surface area contributed by atoms with Gasteiger partial charge in [-0.25, -0.2) is 9.98 Å². The number of aliphatic imine (C=N–C) groups is 2. The van der Waals surface area contributed by atoms with Gasteiger partial charge >= 0.3 is 0 Å². The quantitative estimate of drug-likeness (QED) is 0.145. The molecule has 2 saturated heterocycles. The number of carbonyl (C=O) groups excluding carboxylic acids is 3. The van der Waals surface area contributed by atoms with Crippen LogP contribution in [-0.2, 0) is 22.4 Å². The largest absolute Gasteiger partial charge is 0.370 e. The van der Waals surface area contributed by atoms with E-state index in [0.29, 0.717) is 5.56 Å². The summed E-state index contributed by atoms with van der Waals surface area (Å²) in [6.45, 7) is -0.204. The molecule has 13 nitrogen and oxygen atoms in total. The van der Waals surface area contributed by atoms with Crippen molar-refractivity contribution < 1.29 is 24.6 Å². The summed E-state index contributed by atoms with van der Waals surface area (Å²) < 4.78 is 0. The summed E-state index contributed by atoms with van der Waals surface area (Å²) in [4.78, 5) is 49.5. The first-order valence-electron chi connectivity index (χ1n) is 13.1. The van der Waals surface area contributed by atoms with Gasteiger partial charge in [0.15, 0.2) is 17.6 Å². The maximum atomic E-state index is 13.5. The van der Waals surface area contributed by atoms with E-state index in [4.69, 9.17) is 11.5 Å². The highest BCUT2D eigenvalue weighted by Gasteiger charge is 2.73. The van der Waals surface area contributed by atoms with Gasteiger partial charge in [0.2, 0.25) is 17.6 Å². The number of hydrogen-bond acceptors (Lipinski definition) is 11. The predicted molar refractivity (Wildman–Crippen MR) is 135 cm³/mol. The molecule has 2 fully saturated rings. The fraction of sp³-hybridized carbons (Fsp3) is 0.560. The Hall–Kier alpha value is -3.71. The maximum absolute atomic E-state index is 13.5. The van der Waals surface area contributed by atoms with E-state index in [9.17, 15) is 24.6 Å². The molecule has 1 aromatic rings. The zero-order valence-corrected chi connectivity index (χ0v) is 20.9. The van der Waals surface area contributed by atoms with Crippen molar-refractivity contribution in [2.75, 3.05) is 13.1 Å². The van der Waals surface area contributed by atoms with Crippen LogP contribution in [0.25, 0.3) is 0 Å². The molecule has 202 valence electrons. The van der Waals surface area contributed by atoms with Gasteiger partial charge < -0.3 is 37.2 Å². The number of rotatable bonds is 4. The number of likely N-dealkylation sites (tertiary alicyclic amines) is 1. The first kappa shape index (κ1) is 24.6. The van der Waals surface area contributed by atoms with Gasteiger partial charge in [0, 0.05) is 24.9 Å². The summed E-state index contributed by atoms with van der Waals surface area (Å²) in [7, 11) is 0. The summed E-state index contributed by atoms with van der Waals surface area (Å²) in [6.07, 6.45) is 5.05. The molecule has 5 aliphatic rings. The lowest BCUT2D eigenvalue weighted by Gasteiger charge is -2.49. The number of amides is 3. The standard InChI is InChI=1S/C25H32N8O5/c26-22-30-20-16(11-32-18(34)9-10-19(32)35)28-23(27)33-12-17(25(37,38)24(20,33)31-22)29-21(36)15-8-4-6-13-5-2-1-3-7-14(13)15/h4,6,8,16-17,20,37-38H,1-3,5,7,9-12H2,(H2,27,28)(H,29,36)(H3,26,30,31)/t16-,17?,20-,24-/m0/s1. The minimum absolute atomic E-state index is 0.0412. The molecule has 0 bridgehead atoms. The molecule has 13 heteroatoms. The fourth-order valence-corrected chi connectivity index (χ4v) is 6.66. The second-order valence-corrected chi connectivity index (χ2v) is 10.7. The summed E-state index contributed by atoms with van der Waals surface area (Å²) in [5.74, 6) is -3.79. The Labute approximate surface area is 218 Å². The molecular formula is C25H32N8O5. The van der Waals surface area contributed by atoms with Crippen LogP contribution >= 0.6 is 0 Å². The van der Waals surface area contributed by atoms with Gasteiger partial charge in [-0.1, -0.05) is 18.6 Å². The fourth-order valence-electron chi connectivity index (χ4n) is 6.66. The number of benzene rings is 1. The van der Waals surface area contributed by atoms with E-state index < -0.39 is 35.5 Å². The van der Waals surface area contributed by atoms with Crippen molar-refractivity contribution in [2.24, 2.45) is 21.5 Å².